The van der Waals surface area contributed by atoms with Crippen molar-refractivity contribution in [3.63, 3.8) is 0 Å². The van der Waals surface area contributed by atoms with Crippen LogP contribution in [-0.4, -0.2) is 23.7 Å². The van der Waals surface area contributed by atoms with Gasteiger partial charge >= 0.3 is 0 Å². The lowest BCUT2D eigenvalue weighted by Crippen LogP contribution is -2.37. The Bertz CT molecular complexity index is 359. The van der Waals surface area contributed by atoms with Crippen molar-refractivity contribution in [2.24, 2.45) is 4.99 Å². The molecule has 0 saturated carbocycles. The highest BCUT2D eigenvalue weighted by atomic mass is 16.3. The van der Waals surface area contributed by atoms with Crippen molar-refractivity contribution in [3.05, 3.63) is 29.8 Å². The van der Waals surface area contributed by atoms with Crippen LogP contribution in [0.5, 0.6) is 5.75 Å². The van der Waals surface area contributed by atoms with E-state index in [9.17, 15) is 0 Å². The van der Waals surface area contributed by atoms with Crippen LogP contribution in [-0.2, 0) is 6.54 Å². The Morgan fingerprint density at radius 1 is 1.47 bits per heavy atom. The second-order valence-corrected chi connectivity index (χ2v) is 3.75. The normalized spacial score (nSPS) is 19.5. The molecule has 3 N–H and O–H groups in total. The quantitative estimate of drug-likeness (QED) is 0.670. The number of nitrogens with zero attached hydrogens (tertiary/aromatic N) is 1. The topological polar surface area (TPSA) is 56.7 Å². The molecule has 2 rings (SSSR count). The van der Waals surface area contributed by atoms with Gasteiger partial charge < -0.3 is 15.7 Å². The number of hydrogen-bond donors (Lipinski definition) is 3. The van der Waals surface area contributed by atoms with E-state index in [4.69, 9.17) is 5.11 Å². The van der Waals surface area contributed by atoms with E-state index in [1.54, 1.807) is 12.1 Å². The van der Waals surface area contributed by atoms with E-state index in [-0.39, 0.29) is 0 Å². The summed E-state index contributed by atoms with van der Waals surface area (Å²) in [5.41, 5.74) is 1.12. The minimum absolute atomic E-state index is 0.295. The third kappa shape index (κ3) is 2.62. The fourth-order valence-corrected chi connectivity index (χ4v) is 1.46. The maximum Gasteiger partial charge on any atom is 0.191 e. The Balaban J connectivity index is 1.86. The largest absolute Gasteiger partial charge is 0.508 e. The van der Waals surface area contributed by atoms with Gasteiger partial charge in [-0.2, -0.15) is 0 Å². The van der Waals surface area contributed by atoms with E-state index >= 15 is 0 Å². The predicted octanol–water partition coefficient (Wildman–Crippen LogP) is 0.829. The molecule has 1 atom stereocenters. The number of aromatic hydroxyl groups is 1. The van der Waals surface area contributed by atoms with Gasteiger partial charge in [-0.15, -0.1) is 0 Å². The van der Waals surface area contributed by atoms with Crippen molar-refractivity contribution < 1.29 is 5.11 Å². The van der Waals surface area contributed by atoms with Gasteiger partial charge in [-0.05, 0) is 24.6 Å². The molecule has 1 aromatic carbocycles. The Hall–Kier alpha value is -1.71. The molecule has 1 aromatic rings. The predicted molar refractivity (Wildman–Crippen MR) is 59.8 cm³/mol. The summed E-state index contributed by atoms with van der Waals surface area (Å²) in [5.74, 6) is 1.15. The van der Waals surface area contributed by atoms with Crippen LogP contribution in [0, 0.1) is 0 Å². The molecule has 15 heavy (non-hydrogen) atoms. The summed E-state index contributed by atoms with van der Waals surface area (Å²) in [6.07, 6.45) is 0. The first-order valence-corrected chi connectivity index (χ1v) is 5.07. The van der Waals surface area contributed by atoms with E-state index < -0.39 is 0 Å². The number of benzene rings is 1. The van der Waals surface area contributed by atoms with Crippen molar-refractivity contribution in [3.8, 4) is 5.75 Å². The summed E-state index contributed by atoms with van der Waals surface area (Å²) in [7, 11) is 0. The molecule has 0 amide bonds. The minimum atomic E-state index is 0.295. The number of nitrogens with one attached hydrogen (secondary N) is 2. The zero-order chi connectivity index (χ0) is 10.7. The minimum Gasteiger partial charge on any atom is -0.508 e. The van der Waals surface area contributed by atoms with Gasteiger partial charge in [0.2, 0.25) is 0 Å². The maximum absolute atomic E-state index is 9.11. The molecule has 0 spiro atoms. The van der Waals surface area contributed by atoms with E-state index in [2.05, 4.69) is 22.5 Å². The number of phenols is 1. The molecule has 1 aliphatic rings. The van der Waals surface area contributed by atoms with E-state index in [0.29, 0.717) is 11.8 Å². The van der Waals surface area contributed by atoms with Gasteiger partial charge in [-0.3, -0.25) is 4.99 Å². The highest BCUT2D eigenvalue weighted by molar-refractivity contribution is 5.81. The molecule has 4 heteroatoms. The molecule has 4 nitrogen and oxygen atoms in total. The van der Waals surface area contributed by atoms with Gasteiger partial charge in [0.15, 0.2) is 5.96 Å². The van der Waals surface area contributed by atoms with Gasteiger partial charge in [-0.1, -0.05) is 12.1 Å². The Morgan fingerprint density at radius 2 is 2.20 bits per heavy atom. The van der Waals surface area contributed by atoms with E-state index in [0.717, 1.165) is 24.6 Å². The van der Waals surface area contributed by atoms with Crippen LogP contribution in [0.2, 0.25) is 0 Å². The summed E-state index contributed by atoms with van der Waals surface area (Å²) < 4.78 is 0. The average Bonchev–Trinajstić information content (AvgIpc) is 2.64. The fourth-order valence-electron chi connectivity index (χ4n) is 1.46. The molecule has 0 aromatic heterocycles. The van der Waals surface area contributed by atoms with Crippen molar-refractivity contribution in [2.45, 2.75) is 19.5 Å². The zero-order valence-corrected chi connectivity index (χ0v) is 8.70. The molecule has 0 fully saturated rings. The second kappa shape index (κ2) is 4.21. The number of aliphatic imine (C=N–C) groups is 1. The van der Waals surface area contributed by atoms with Crippen LogP contribution in [0.4, 0.5) is 0 Å². The Labute approximate surface area is 89.0 Å². The molecule has 0 radical (unpaired) electrons. The molecule has 80 valence electrons. The fraction of sp³-hybridized carbons (Fsp3) is 0.364. The maximum atomic E-state index is 9.11. The molecule has 0 aliphatic carbocycles. The summed E-state index contributed by atoms with van der Waals surface area (Å²) in [6, 6.07) is 7.57. The number of guanidine groups is 1. The Morgan fingerprint density at radius 3 is 2.80 bits per heavy atom. The molecular formula is C11H15N3O. The third-order valence-corrected chi connectivity index (χ3v) is 2.30. The zero-order valence-electron chi connectivity index (χ0n) is 8.70. The van der Waals surface area contributed by atoms with Gasteiger partial charge in [0.25, 0.3) is 0 Å². The van der Waals surface area contributed by atoms with Crippen molar-refractivity contribution in [2.75, 3.05) is 6.54 Å². The lowest BCUT2D eigenvalue weighted by molar-refractivity contribution is 0.475. The number of hydrogen-bond acceptors (Lipinski definition) is 4. The monoisotopic (exact) mass is 205 g/mol. The van der Waals surface area contributed by atoms with Crippen LogP contribution in [0.3, 0.4) is 0 Å². The van der Waals surface area contributed by atoms with Crippen molar-refractivity contribution in [1.29, 1.82) is 0 Å². The number of rotatable bonds is 2. The first kappa shape index (κ1) is 9.83. The summed E-state index contributed by atoms with van der Waals surface area (Å²) in [6.45, 7) is 3.65. The van der Waals surface area contributed by atoms with E-state index in [1.165, 1.54) is 0 Å². The number of phenolic OH excluding ortho intramolecular Hbond substituents is 1. The third-order valence-electron chi connectivity index (χ3n) is 2.30. The van der Waals surface area contributed by atoms with Crippen molar-refractivity contribution >= 4 is 5.96 Å². The highest BCUT2D eigenvalue weighted by Gasteiger charge is 2.11. The molecule has 1 aliphatic heterocycles. The molecular weight excluding hydrogens is 190 g/mol. The van der Waals surface area contributed by atoms with Crippen LogP contribution >= 0.6 is 0 Å². The van der Waals surface area contributed by atoms with Crippen LogP contribution in [0.15, 0.2) is 29.3 Å². The van der Waals surface area contributed by atoms with Crippen molar-refractivity contribution in [1.82, 2.24) is 10.6 Å². The average molecular weight is 205 g/mol. The van der Waals surface area contributed by atoms with Gasteiger partial charge in [-0.25, -0.2) is 0 Å². The highest BCUT2D eigenvalue weighted by Crippen LogP contribution is 2.09. The summed E-state index contributed by atoms with van der Waals surface area (Å²) >= 11 is 0. The Kier molecular flexibility index (Phi) is 2.76. The van der Waals surface area contributed by atoms with E-state index in [1.807, 2.05) is 12.1 Å². The molecule has 0 bridgehead atoms. The van der Waals surface area contributed by atoms with Gasteiger partial charge in [0.1, 0.15) is 5.75 Å². The lowest BCUT2D eigenvalue weighted by atomic mass is 10.2. The molecule has 1 heterocycles. The molecule has 1 unspecified atom stereocenters. The molecule has 0 saturated heterocycles. The van der Waals surface area contributed by atoms with Crippen LogP contribution in [0.25, 0.3) is 0 Å². The van der Waals surface area contributed by atoms with Crippen LogP contribution in [0.1, 0.15) is 12.5 Å². The SMILES string of the molecule is CC1CN=C(NCc2ccc(O)cc2)N1. The first-order chi connectivity index (χ1) is 7.24. The lowest BCUT2D eigenvalue weighted by Gasteiger charge is -2.08. The van der Waals surface area contributed by atoms with Crippen LogP contribution < -0.4 is 10.6 Å². The smallest absolute Gasteiger partial charge is 0.191 e. The summed E-state index contributed by atoms with van der Waals surface area (Å²) in [4.78, 5) is 4.29. The standard InChI is InChI=1S/C11H15N3O/c1-8-6-12-11(14-8)13-7-9-2-4-10(15)5-3-9/h2-5,8,15H,6-7H2,1H3,(H2,12,13,14). The second-order valence-electron chi connectivity index (χ2n) is 3.75. The van der Waals surface area contributed by atoms with Gasteiger partial charge in [0, 0.05) is 12.6 Å². The van der Waals surface area contributed by atoms with Gasteiger partial charge in [0.05, 0.1) is 6.54 Å². The summed E-state index contributed by atoms with van der Waals surface area (Å²) in [5, 5.41) is 15.5. The first-order valence-electron chi connectivity index (χ1n) is 5.07.